The molecule has 0 heterocycles. The topological polar surface area (TPSA) is 24.5 Å². The van der Waals surface area contributed by atoms with Gasteiger partial charge < -0.3 is 10.1 Å². The van der Waals surface area contributed by atoms with E-state index in [2.05, 4.69) is 61.3 Å². The molecule has 0 saturated heterocycles. The molecule has 2 atom stereocenters. The zero-order chi connectivity index (χ0) is 15.5. The van der Waals surface area contributed by atoms with Crippen molar-refractivity contribution >= 4 is 0 Å². The molecule has 0 aliphatic rings. The van der Waals surface area contributed by atoms with Gasteiger partial charge in [0.2, 0.25) is 0 Å². The fourth-order valence-corrected chi connectivity index (χ4v) is 2.72. The Hall–Kier alpha value is -0.900. The fourth-order valence-electron chi connectivity index (χ4n) is 2.72. The van der Waals surface area contributed by atoms with E-state index in [1.54, 1.807) is 7.11 Å². The van der Waals surface area contributed by atoms with Crippen molar-refractivity contribution < 1.29 is 4.74 Å². The van der Waals surface area contributed by atoms with Gasteiger partial charge >= 0.3 is 0 Å². The number of benzene rings is 1. The van der Waals surface area contributed by atoms with Gasteiger partial charge in [-0.3, -0.25) is 4.90 Å². The van der Waals surface area contributed by atoms with E-state index in [1.807, 2.05) is 0 Å². The third-order valence-corrected chi connectivity index (χ3v) is 3.99. The summed E-state index contributed by atoms with van der Waals surface area (Å²) >= 11 is 0. The molecule has 1 rings (SSSR count). The summed E-state index contributed by atoms with van der Waals surface area (Å²) in [6.07, 6.45) is 2.30. The second-order valence-corrected chi connectivity index (χ2v) is 5.64. The summed E-state index contributed by atoms with van der Waals surface area (Å²) in [6, 6.07) is 11.7. The normalized spacial score (nSPS) is 14.3. The summed E-state index contributed by atoms with van der Waals surface area (Å²) in [4.78, 5) is 2.49. The van der Waals surface area contributed by atoms with Crippen LogP contribution in [0.3, 0.4) is 0 Å². The van der Waals surface area contributed by atoms with Crippen molar-refractivity contribution in [3.8, 4) is 0 Å². The van der Waals surface area contributed by atoms with Crippen molar-refractivity contribution in [3.05, 3.63) is 35.9 Å². The van der Waals surface area contributed by atoms with Gasteiger partial charge in [0.25, 0.3) is 0 Å². The van der Waals surface area contributed by atoms with Crippen LogP contribution in [0.15, 0.2) is 30.3 Å². The summed E-state index contributed by atoms with van der Waals surface area (Å²) in [5.74, 6) is 0. The highest BCUT2D eigenvalue weighted by Crippen LogP contribution is 2.17. The maximum atomic E-state index is 5.29. The number of nitrogens with one attached hydrogen (secondary N) is 1. The number of ether oxygens (including phenoxy) is 1. The first kappa shape index (κ1) is 18.1. The molecule has 3 heteroatoms. The lowest BCUT2D eigenvalue weighted by atomic mass is 10.0. The highest BCUT2D eigenvalue weighted by molar-refractivity contribution is 5.18. The molecule has 0 aliphatic heterocycles. The average Bonchev–Trinajstić information content (AvgIpc) is 2.52. The average molecular weight is 292 g/mol. The van der Waals surface area contributed by atoms with Crippen LogP contribution in [-0.4, -0.2) is 44.3 Å². The predicted molar refractivity (Wildman–Crippen MR) is 90.7 cm³/mol. The number of likely N-dealkylation sites (N-methyl/N-ethyl adjacent to an activating group) is 1. The van der Waals surface area contributed by atoms with Gasteiger partial charge in [-0.25, -0.2) is 0 Å². The van der Waals surface area contributed by atoms with Gasteiger partial charge in [-0.05, 0) is 38.4 Å². The summed E-state index contributed by atoms with van der Waals surface area (Å²) in [7, 11) is 1.78. The number of rotatable bonds is 11. The number of nitrogens with zero attached hydrogens (tertiary/aromatic N) is 1. The molecule has 0 fully saturated rings. The molecule has 0 radical (unpaired) electrons. The van der Waals surface area contributed by atoms with Gasteiger partial charge in [-0.2, -0.15) is 0 Å². The monoisotopic (exact) mass is 292 g/mol. The highest BCUT2D eigenvalue weighted by atomic mass is 16.5. The van der Waals surface area contributed by atoms with Crippen LogP contribution < -0.4 is 5.32 Å². The first-order valence-electron chi connectivity index (χ1n) is 8.24. The number of methoxy groups -OCH3 is 1. The molecule has 0 aliphatic carbocycles. The van der Waals surface area contributed by atoms with Crippen molar-refractivity contribution in [1.29, 1.82) is 0 Å². The first-order valence-corrected chi connectivity index (χ1v) is 8.24. The number of hydrogen-bond donors (Lipinski definition) is 1. The number of hydrogen-bond acceptors (Lipinski definition) is 3. The van der Waals surface area contributed by atoms with Crippen LogP contribution in [-0.2, 0) is 4.74 Å². The zero-order valence-corrected chi connectivity index (χ0v) is 14.1. The summed E-state index contributed by atoms with van der Waals surface area (Å²) in [5, 5.41) is 3.68. The van der Waals surface area contributed by atoms with Gasteiger partial charge in [-0.15, -0.1) is 0 Å². The van der Waals surface area contributed by atoms with Gasteiger partial charge in [0, 0.05) is 25.7 Å². The van der Waals surface area contributed by atoms with Crippen molar-refractivity contribution in [1.82, 2.24) is 10.2 Å². The van der Waals surface area contributed by atoms with Crippen LogP contribution in [0.4, 0.5) is 0 Å². The van der Waals surface area contributed by atoms with Crippen molar-refractivity contribution in [3.63, 3.8) is 0 Å². The lowest BCUT2D eigenvalue weighted by molar-refractivity contribution is 0.0996. The Morgan fingerprint density at radius 1 is 1.19 bits per heavy atom. The Morgan fingerprint density at radius 2 is 1.90 bits per heavy atom. The smallest absolute Gasteiger partial charge is 0.0615 e. The molecule has 1 N–H and O–H groups in total. The summed E-state index contributed by atoms with van der Waals surface area (Å²) < 4.78 is 5.29. The molecule has 3 nitrogen and oxygen atoms in total. The standard InChI is InChI=1S/C18H32N2O/c1-5-13-19-18(17-10-8-7-9-11-17)12-14-20(6-2)16(3)15-21-4/h7-11,16,18-19H,5-6,12-15H2,1-4H3. The minimum absolute atomic E-state index is 0.440. The molecular formula is C18H32N2O. The Balaban J connectivity index is 2.59. The maximum Gasteiger partial charge on any atom is 0.0615 e. The van der Waals surface area contributed by atoms with Gasteiger partial charge in [-0.1, -0.05) is 44.2 Å². The van der Waals surface area contributed by atoms with Gasteiger partial charge in [0.1, 0.15) is 0 Å². The summed E-state index contributed by atoms with van der Waals surface area (Å²) in [5.41, 5.74) is 1.39. The SMILES string of the molecule is CCCNC(CCN(CC)C(C)COC)c1ccccc1. The fraction of sp³-hybridized carbons (Fsp3) is 0.667. The molecule has 0 aromatic heterocycles. The van der Waals surface area contributed by atoms with Crippen molar-refractivity contribution in [2.75, 3.05) is 33.4 Å². The van der Waals surface area contributed by atoms with Crippen LogP contribution in [0.2, 0.25) is 0 Å². The van der Waals surface area contributed by atoms with E-state index in [9.17, 15) is 0 Å². The van der Waals surface area contributed by atoms with Gasteiger partial charge in [0.15, 0.2) is 0 Å². The van der Waals surface area contributed by atoms with Crippen LogP contribution in [0.1, 0.15) is 45.2 Å². The third-order valence-electron chi connectivity index (χ3n) is 3.99. The second-order valence-electron chi connectivity index (χ2n) is 5.64. The first-order chi connectivity index (χ1) is 10.2. The van der Waals surface area contributed by atoms with Crippen molar-refractivity contribution in [2.45, 2.75) is 45.7 Å². The molecule has 0 amide bonds. The van der Waals surface area contributed by atoms with E-state index >= 15 is 0 Å². The molecule has 1 aromatic rings. The van der Waals surface area contributed by atoms with Crippen LogP contribution in [0.5, 0.6) is 0 Å². The predicted octanol–water partition coefficient (Wildman–Crippen LogP) is 3.47. The van der Waals surface area contributed by atoms with Crippen LogP contribution in [0.25, 0.3) is 0 Å². The maximum absolute atomic E-state index is 5.29. The summed E-state index contributed by atoms with van der Waals surface area (Å²) in [6.45, 7) is 10.7. The molecule has 0 bridgehead atoms. The quantitative estimate of drug-likeness (QED) is 0.676. The van der Waals surface area contributed by atoms with E-state index in [1.165, 1.54) is 12.0 Å². The highest BCUT2D eigenvalue weighted by Gasteiger charge is 2.15. The minimum Gasteiger partial charge on any atom is -0.383 e. The molecule has 2 unspecified atom stereocenters. The second kappa shape index (κ2) is 10.8. The van der Waals surface area contributed by atoms with E-state index in [4.69, 9.17) is 4.74 Å². The molecule has 1 aromatic carbocycles. The lowest BCUT2D eigenvalue weighted by Gasteiger charge is -2.29. The van der Waals surface area contributed by atoms with E-state index in [0.29, 0.717) is 12.1 Å². The largest absolute Gasteiger partial charge is 0.383 e. The minimum atomic E-state index is 0.440. The Morgan fingerprint density at radius 3 is 2.48 bits per heavy atom. The van der Waals surface area contributed by atoms with E-state index in [0.717, 1.165) is 32.7 Å². The Kier molecular flexibility index (Phi) is 9.31. The van der Waals surface area contributed by atoms with Crippen LogP contribution >= 0.6 is 0 Å². The molecule has 0 saturated carbocycles. The van der Waals surface area contributed by atoms with Crippen molar-refractivity contribution in [2.24, 2.45) is 0 Å². The molecule has 21 heavy (non-hydrogen) atoms. The molecular weight excluding hydrogens is 260 g/mol. The zero-order valence-electron chi connectivity index (χ0n) is 14.1. The van der Waals surface area contributed by atoms with E-state index < -0.39 is 0 Å². The lowest BCUT2D eigenvalue weighted by Crippen LogP contribution is -2.38. The van der Waals surface area contributed by atoms with Gasteiger partial charge in [0.05, 0.1) is 6.61 Å². The molecule has 0 spiro atoms. The Labute approximate surface area is 130 Å². The van der Waals surface area contributed by atoms with E-state index in [-0.39, 0.29) is 0 Å². The van der Waals surface area contributed by atoms with Crippen LogP contribution in [0, 0.1) is 0 Å². The third kappa shape index (κ3) is 6.60. The molecule has 120 valence electrons. The Bertz CT molecular complexity index is 355.